The standard InChI is InChI=1S/C22H32O7/c1-14(2)16(24)11-22(25,13-23)19-21(5,26-12-15-9-7-6-8-10-15)17-18(27-19)29-20(3,4)28-17/h6-10,14,17-19,23,25H,11-13H2,1-5H3/t17-,18+,19-,21-,22?/m0/s1. The van der Waals surface area contributed by atoms with Crippen LogP contribution < -0.4 is 0 Å². The molecule has 0 saturated carbocycles. The lowest BCUT2D eigenvalue weighted by Gasteiger charge is -2.42. The van der Waals surface area contributed by atoms with Crippen molar-refractivity contribution in [3.63, 3.8) is 0 Å². The number of aliphatic hydroxyl groups excluding tert-OH is 1. The molecule has 0 aromatic heterocycles. The van der Waals surface area contributed by atoms with Gasteiger partial charge in [-0.15, -0.1) is 0 Å². The van der Waals surface area contributed by atoms with E-state index in [9.17, 15) is 15.0 Å². The highest BCUT2D eigenvalue weighted by Gasteiger charge is 2.67. The van der Waals surface area contributed by atoms with E-state index in [4.69, 9.17) is 18.9 Å². The predicted octanol–water partition coefficient (Wildman–Crippen LogP) is 2.18. The molecule has 2 fully saturated rings. The quantitative estimate of drug-likeness (QED) is 0.681. The van der Waals surface area contributed by atoms with Gasteiger partial charge in [-0.3, -0.25) is 4.79 Å². The highest BCUT2D eigenvalue weighted by molar-refractivity contribution is 5.81. The average molecular weight is 408 g/mol. The fraction of sp³-hybridized carbons (Fsp3) is 0.682. The Kier molecular flexibility index (Phi) is 6.21. The van der Waals surface area contributed by atoms with E-state index < -0.39 is 42.1 Å². The van der Waals surface area contributed by atoms with Crippen LogP contribution in [0.5, 0.6) is 0 Å². The molecule has 2 heterocycles. The normalized spacial score (nSPS) is 32.9. The zero-order valence-corrected chi connectivity index (χ0v) is 17.8. The van der Waals surface area contributed by atoms with Crippen molar-refractivity contribution in [2.75, 3.05) is 6.61 Å². The monoisotopic (exact) mass is 408 g/mol. The van der Waals surface area contributed by atoms with E-state index in [1.54, 1.807) is 34.6 Å². The van der Waals surface area contributed by atoms with Gasteiger partial charge in [-0.05, 0) is 26.3 Å². The van der Waals surface area contributed by atoms with Crippen LogP contribution in [0.25, 0.3) is 0 Å². The van der Waals surface area contributed by atoms with Crippen LogP contribution in [-0.2, 0) is 30.3 Å². The molecule has 0 spiro atoms. The van der Waals surface area contributed by atoms with Crippen molar-refractivity contribution in [2.24, 2.45) is 5.92 Å². The van der Waals surface area contributed by atoms with Crippen LogP contribution in [0.4, 0.5) is 0 Å². The van der Waals surface area contributed by atoms with Crippen molar-refractivity contribution in [3.05, 3.63) is 35.9 Å². The van der Waals surface area contributed by atoms with E-state index >= 15 is 0 Å². The SMILES string of the molecule is CC(C)C(=O)CC(O)(CO)[C@H]1O[C@@H]2OC(C)(C)O[C@@H]2[C@]1(C)OCc1ccccc1. The summed E-state index contributed by atoms with van der Waals surface area (Å²) in [5.74, 6) is -1.32. The average Bonchev–Trinajstić information content (AvgIpc) is 3.12. The Bertz CT molecular complexity index is 719. The smallest absolute Gasteiger partial charge is 0.190 e. The lowest BCUT2D eigenvalue weighted by atomic mass is 9.79. The number of aliphatic hydroxyl groups is 2. The fourth-order valence-corrected chi connectivity index (χ4v) is 4.00. The molecule has 7 nitrogen and oxygen atoms in total. The van der Waals surface area contributed by atoms with Crippen LogP contribution in [-0.4, -0.2) is 58.1 Å². The minimum Gasteiger partial charge on any atom is -0.393 e. The molecule has 0 radical (unpaired) electrons. The second-order valence-electron chi connectivity index (χ2n) is 8.96. The van der Waals surface area contributed by atoms with E-state index in [1.165, 1.54) is 0 Å². The Hall–Kier alpha value is -1.35. The second-order valence-corrected chi connectivity index (χ2v) is 8.96. The number of carbonyl (C=O) groups is 1. The summed E-state index contributed by atoms with van der Waals surface area (Å²) in [6, 6.07) is 9.61. The summed E-state index contributed by atoms with van der Waals surface area (Å²) in [6.45, 7) is 8.45. The topological polar surface area (TPSA) is 94.5 Å². The predicted molar refractivity (Wildman–Crippen MR) is 105 cm³/mol. The summed E-state index contributed by atoms with van der Waals surface area (Å²) in [5, 5.41) is 21.3. The van der Waals surface area contributed by atoms with E-state index in [0.29, 0.717) is 0 Å². The zero-order valence-electron chi connectivity index (χ0n) is 17.8. The van der Waals surface area contributed by atoms with Crippen LogP contribution in [0.3, 0.4) is 0 Å². The van der Waals surface area contributed by atoms with Gasteiger partial charge in [0.25, 0.3) is 0 Å². The Morgan fingerprint density at radius 3 is 2.45 bits per heavy atom. The second kappa shape index (κ2) is 8.06. The highest BCUT2D eigenvalue weighted by atomic mass is 16.8. The molecular weight excluding hydrogens is 376 g/mol. The summed E-state index contributed by atoms with van der Waals surface area (Å²) in [6.07, 6.45) is -2.67. The van der Waals surface area contributed by atoms with Crippen molar-refractivity contribution < 1.29 is 34.0 Å². The van der Waals surface area contributed by atoms with Gasteiger partial charge in [0, 0.05) is 12.3 Å². The molecule has 2 N–H and O–H groups in total. The van der Waals surface area contributed by atoms with Gasteiger partial charge in [-0.25, -0.2) is 0 Å². The first-order valence-electron chi connectivity index (χ1n) is 10.1. The van der Waals surface area contributed by atoms with Gasteiger partial charge in [0.15, 0.2) is 12.1 Å². The maximum Gasteiger partial charge on any atom is 0.190 e. The molecule has 5 atom stereocenters. The molecule has 7 heteroatoms. The number of carbonyl (C=O) groups excluding carboxylic acids is 1. The van der Waals surface area contributed by atoms with Gasteiger partial charge in [0.1, 0.15) is 29.2 Å². The first kappa shape index (κ1) is 22.3. The number of ketones is 1. The Morgan fingerprint density at radius 2 is 1.86 bits per heavy atom. The van der Waals surface area contributed by atoms with Gasteiger partial charge >= 0.3 is 0 Å². The number of hydrogen-bond acceptors (Lipinski definition) is 7. The number of hydrogen-bond donors (Lipinski definition) is 2. The van der Waals surface area contributed by atoms with Crippen molar-refractivity contribution in [1.82, 2.24) is 0 Å². The van der Waals surface area contributed by atoms with E-state index in [0.717, 1.165) is 5.56 Å². The number of rotatable bonds is 8. The zero-order chi connectivity index (χ0) is 21.4. The number of Topliss-reactive ketones (excluding diaryl/α,β-unsaturated/α-hetero) is 1. The molecule has 2 aliphatic rings. The third-order valence-electron chi connectivity index (χ3n) is 5.69. The van der Waals surface area contributed by atoms with E-state index in [1.807, 2.05) is 30.3 Å². The van der Waals surface area contributed by atoms with Crippen LogP contribution in [0.1, 0.15) is 46.6 Å². The summed E-state index contributed by atoms with van der Waals surface area (Å²) < 4.78 is 24.2. The maximum absolute atomic E-state index is 12.4. The molecule has 1 unspecified atom stereocenters. The minimum atomic E-state index is -1.83. The van der Waals surface area contributed by atoms with Crippen molar-refractivity contribution in [2.45, 2.75) is 83.1 Å². The number of benzene rings is 1. The summed E-state index contributed by atoms with van der Waals surface area (Å²) >= 11 is 0. The maximum atomic E-state index is 12.4. The fourth-order valence-electron chi connectivity index (χ4n) is 4.00. The third-order valence-corrected chi connectivity index (χ3v) is 5.69. The van der Waals surface area contributed by atoms with Gasteiger partial charge in [-0.2, -0.15) is 0 Å². The summed E-state index contributed by atoms with van der Waals surface area (Å²) in [5.41, 5.74) is -2.03. The molecule has 0 bridgehead atoms. The van der Waals surface area contributed by atoms with Crippen molar-refractivity contribution in [3.8, 4) is 0 Å². The number of ether oxygens (including phenoxy) is 4. The lowest BCUT2D eigenvalue weighted by molar-refractivity contribution is -0.268. The molecule has 2 saturated heterocycles. The van der Waals surface area contributed by atoms with Gasteiger partial charge in [0.05, 0.1) is 13.2 Å². The van der Waals surface area contributed by atoms with E-state index in [-0.39, 0.29) is 24.7 Å². The largest absolute Gasteiger partial charge is 0.393 e. The van der Waals surface area contributed by atoms with Crippen LogP contribution in [0.2, 0.25) is 0 Å². The molecule has 162 valence electrons. The Morgan fingerprint density at radius 1 is 1.21 bits per heavy atom. The van der Waals surface area contributed by atoms with Crippen LogP contribution in [0, 0.1) is 5.92 Å². The molecule has 1 aromatic carbocycles. The van der Waals surface area contributed by atoms with Crippen molar-refractivity contribution in [1.29, 1.82) is 0 Å². The molecular formula is C22H32O7. The Balaban J connectivity index is 1.90. The van der Waals surface area contributed by atoms with Crippen LogP contribution in [0.15, 0.2) is 30.3 Å². The van der Waals surface area contributed by atoms with Crippen molar-refractivity contribution >= 4 is 5.78 Å². The minimum absolute atomic E-state index is 0.171. The van der Waals surface area contributed by atoms with Gasteiger partial charge < -0.3 is 29.2 Å². The Labute approximate surface area is 171 Å². The van der Waals surface area contributed by atoms with Gasteiger partial charge in [0.2, 0.25) is 0 Å². The molecule has 29 heavy (non-hydrogen) atoms. The number of fused-ring (bicyclic) bond motifs is 1. The molecule has 1 aromatic rings. The molecule has 2 aliphatic heterocycles. The van der Waals surface area contributed by atoms with E-state index in [2.05, 4.69) is 0 Å². The lowest BCUT2D eigenvalue weighted by Crippen LogP contribution is -2.60. The summed E-state index contributed by atoms with van der Waals surface area (Å²) in [7, 11) is 0. The first-order valence-corrected chi connectivity index (χ1v) is 10.1. The molecule has 0 aliphatic carbocycles. The van der Waals surface area contributed by atoms with Crippen LogP contribution >= 0.6 is 0 Å². The first-order chi connectivity index (χ1) is 13.5. The molecule has 3 rings (SSSR count). The molecule has 0 amide bonds. The summed E-state index contributed by atoms with van der Waals surface area (Å²) in [4.78, 5) is 12.4. The highest BCUT2D eigenvalue weighted by Crippen LogP contribution is 2.48. The third kappa shape index (κ3) is 4.40. The van der Waals surface area contributed by atoms with Gasteiger partial charge in [-0.1, -0.05) is 44.2 Å².